The van der Waals surface area contributed by atoms with Crippen LogP contribution in [0.15, 0.2) is 72.8 Å². The van der Waals surface area contributed by atoms with Crippen LogP contribution in [-0.4, -0.2) is 61.2 Å². The second kappa shape index (κ2) is 16.4. The number of alkyl halides is 3. The number of carboxylic acid groups (broad SMARTS) is 1. The molecule has 8 nitrogen and oxygen atoms in total. The molecular formula is C32H39F3N4O4. The standard InChI is InChI=1S/C30H35F3N4O2.C2H4O2/c31-30(32,33)27-22-24(13-14-28(27)34)37-19-17-36(18-20-37)16-7-2-1-6-15-35-29(38)23-9-8-12-26(21-23)39-25-10-4-3-5-11-25;1-2(3)4/h3-5,8-14,21-22H,1-2,6-7,15-20,34H2,(H,35,38);1H3,(H,3,4). The normalized spacial score (nSPS) is 13.5. The van der Waals surface area contributed by atoms with Gasteiger partial charge in [0.2, 0.25) is 0 Å². The number of halogens is 3. The van der Waals surface area contributed by atoms with Crippen LogP contribution in [0.1, 0.15) is 48.5 Å². The topological polar surface area (TPSA) is 108 Å². The molecule has 1 saturated heterocycles. The van der Waals surface area contributed by atoms with E-state index in [1.807, 2.05) is 47.4 Å². The molecule has 3 aromatic rings. The average molecular weight is 601 g/mol. The summed E-state index contributed by atoms with van der Waals surface area (Å²) in [5.74, 6) is 0.391. The van der Waals surface area contributed by atoms with E-state index in [4.69, 9.17) is 20.4 Å². The molecule has 1 heterocycles. The lowest BCUT2D eigenvalue weighted by molar-refractivity contribution is -0.137. The zero-order valence-corrected chi connectivity index (χ0v) is 24.3. The van der Waals surface area contributed by atoms with E-state index in [1.165, 1.54) is 6.07 Å². The highest BCUT2D eigenvalue weighted by atomic mass is 19.4. The number of hydrogen-bond donors (Lipinski definition) is 3. The molecule has 4 rings (SSSR count). The zero-order valence-electron chi connectivity index (χ0n) is 24.3. The highest BCUT2D eigenvalue weighted by Crippen LogP contribution is 2.36. The maximum atomic E-state index is 13.2. The van der Waals surface area contributed by atoms with E-state index in [1.54, 1.807) is 18.2 Å². The average Bonchev–Trinajstić information content (AvgIpc) is 2.97. The number of carbonyl (C=O) groups is 2. The third kappa shape index (κ3) is 11.5. The van der Waals surface area contributed by atoms with Crippen LogP contribution in [0.5, 0.6) is 11.5 Å². The number of nitrogen functional groups attached to an aromatic ring is 1. The fraction of sp³-hybridized carbons (Fsp3) is 0.375. The number of piperazine rings is 1. The van der Waals surface area contributed by atoms with Gasteiger partial charge in [-0.2, -0.15) is 13.2 Å². The first-order chi connectivity index (χ1) is 20.5. The Labute approximate surface area is 250 Å². The molecular weight excluding hydrogens is 561 g/mol. The van der Waals surface area contributed by atoms with Gasteiger partial charge in [0.15, 0.2) is 0 Å². The van der Waals surface area contributed by atoms with Crippen molar-refractivity contribution in [3.05, 3.63) is 83.9 Å². The van der Waals surface area contributed by atoms with Crippen molar-refractivity contribution in [1.29, 1.82) is 0 Å². The molecule has 3 aromatic carbocycles. The van der Waals surface area contributed by atoms with Gasteiger partial charge in [0.1, 0.15) is 11.5 Å². The molecule has 0 atom stereocenters. The summed E-state index contributed by atoms with van der Waals surface area (Å²) >= 11 is 0. The van der Waals surface area contributed by atoms with E-state index in [0.29, 0.717) is 36.6 Å². The summed E-state index contributed by atoms with van der Waals surface area (Å²) in [5.41, 5.74) is 5.64. The molecule has 232 valence electrons. The van der Waals surface area contributed by atoms with Crippen molar-refractivity contribution in [2.75, 3.05) is 49.9 Å². The van der Waals surface area contributed by atoms with Crippen LogP contribution < -0.4 is 20.7 Å². The zero-order chi connectivity index (χ0) is 31.2. The van der Waals surface area contributed by atoms with E-state index < -0.39 is 17.7 Å². The van der Waals surface area contributed by atoms with Crippen molar-refractivity contribution in [2.24, 2.45) is 0 Å². The molecule has 0 unspecified atom stereocenters. The van der Waals surface area contributed by atoms with Crippen LogP contribution in [-0.2, 0) is 11.0 Å². The van der Waals surface area contributed by atoms with E-state index in [2.05, 4.69) is 10.2 Å². The predicted molar refractivity (Wildman–Crippen MR) is 162 cm³/mol. The predicted octanol–water partition coefficient (Wildman–Crippen LogP) is 6.28. The molecule has 0 radical (unpaired) electrons. The van der Waals surface area contributed by atoms with Gasteiger partial charge in [-0.15, -0.1) is 0 Å². The lowest BCUT2D eigenvalue weighted by atomic mass is 10.1. The van der Waals surface area contributed by atoms with Crippen molar-refractivity contribution in [3.8, 4) is 11.5 Å². The van der Waals surface area contributed by atoms with Crippen molar-refractivity contribution in [3.63, 3.8) is 0 Å². The van der Waals surface area contributed by atoms with Crippen LogP contribution in [0.2, 0.25) is 0 Å². The Bertz CT molecular complexity index is 1310. The monoisotopic (exact) mass is 600 g/mol. The number of rotatable bonds is 11. The minimum atomic E-state index is -4.45. The second-order valence-corrected chi connectivity index (χ2v) is 10.2. The number of aliphatic carboxylic acids is 1. The largest absolute Gasteiger partial charge is 0.481 e. The summed E-state index contributed by atoms with van der Waals surface area (Å²) in [4.78, 5) is 25.9. The molecule has 43 heavy (non-hydrogen) atoms. The Morgan fingerprint density at radius 3 is 2.21 bits per heavy atom. The van der Waals surface area contributed by atoms with Crippen LogP contribution in [0.3, 0.4) is 0 Å². The Hall–Kier alpha value is -4.25. The molecule has 0 saturated carbocycles. The third-order valence-corrected chi connectivity index (χ3v) is 6.84. The number of benzene rings is 3. The number of nitrogens with one attached hydrogen (secondary N) is 1. The summed E-state index contributed by atoms with van der Waals surface area (Å²) in [7, 11) is 0. The second-order valence-electron chi connectivity index (χ2n) is 10.2. The Kier molecular flexibility index (Phi) is 12.7. The van der Waals surface area contributed by atoms with Gasteiger partial charge in [0.05, 0.1) is 5.56 Å². The van der Waals surface area contributed by atoms with E-state index in [-0.39, 0.29) is 11.6 Å². The number of hydrogen-bond acceptors (Lipinski definition) is 6. The van der Waals surface area contributed by atoms with E-state index >= 15 is 0 Å². The van der Waals surface area contributed by atoms with Crippen molar-refractivity contribution >= 4 is 23.3 Å². The number of nitrogens with two attached hydrogens (primary N) is 1. The third-order valence-electron chi connectivity index (χ3n) is 6.84. The van der Waals surface area contributed by atoms with E-state index in [0.717, 1.165) is 64.1 Å². The lowest BCUT2D eigenvalue weighted by Gasteiger charge is -2.36. The Morgan fingerprint density at radius 1 is 0.884 bits per heavy atom. The summed E-state index contributed by atoms with van der Waals surface area (Å²) in [6.45, 7) is 5.66. The summed E-state index contributed by atoms with van der Waals surface area (Å²) < 4.78 is 45.3. The Balaban J connectivity index is 0.00000119. The van der Waals surface area contributed by atoms with Crippen LogP contribution in [0.4, 0.5) is 24.5 Å². The number of anilines is 2. The van der Waals surface area contributed by atoms with Gasteiger partial charge < -0.3 is 25.8 Å². The molecule has 0 bridgehead atoms. The van der Waals surface area contributed by atoms with Gasteiger partial charge in [0, 0.05) is 56.6 Å². The van der Waals surface area contributed by atoms with E-state index in [9.17, 15) is 18.0 Å². The molecule has 1 amide bonds. The summed E-state index contributed by atoms with van der Waals surface area (Å²) in [6, 6.07) is 20.7. The number of carbonyl (C=O) groups excluding carboxylic acids is 1. The molecule has 11 heteroatoms. The first kappa shape index (κ1) is 33.3. The molecule has 4 N–H and O–H groups in total. The number of ether oxygens (including phenoxy) is 1. The highest BCUT2D eigenvalue weighted by Gasteiger charge is 2.33. The Morgan fingerprint density at radius 2 is 1.53 bits per heavy atom. The van der Waals surface area contributed by atoms with Crippen LogP contribution >= 0.6 is 0 Å². The molecule has 1 aliphatic heterocycles. The first-order valence-electron chi connectivity index (χ1n) is 14.3. The molecule has 1 aliphatic rings. The van der Waals surface area contributed by atoms with Crippen molar-refractivity contribution in [2.45, 2.75) is 38.8 Å². The fourth-order valence-corrected chi connectivity index (χ4v) is 4.66. The van der Waals surface area contributed by atoms with Crippen LogP contribution in [0, 0.1) is 0 Å². The van der Waals surface area contributed by atoms with Gasteiger partial charge in [-0.3, -0.25) is 14.5 Å². The molecule has 0 aromatic heterocycles. The number of nitrogens with zero attached hydrogens (tertiary/aromatic N) is 2. The quantitative estimate of drug-likeness (QED) is 0.176. The first-order valence-corrected chi connectivity index (χ1v) is 14.3. The highest BCUT2D eigenvalue weighted by molar-refractivity contribution is 5.94. The number of amides is 1. The van der Waals surface area contributed by atoms with Gasteiger partial charge in [-0.25, -0.2) is 0 Å². The van der Waals surface area contributed by atoms with Gasteiger partial charge in [-0.1, -0.05) is 37.1 Å². The minimum Gasteiger partial charge on any atom is -0.481 e. The van der Waals surface area contributed by atoms with Crippen molar-refractivity contribution in [1.82, 2.24) is 10.2 Å². The van der Waals surface area contributed by atoms with Gasteiger partial charge in [-0.05, 0) is 67.9 Å². The maximum Gasteiger partial charge on any atom is 0.418 e. The SMILES string of the molecule is CC(=O)O.Nc1ccc(N2CCN(CCCCCCNC(=O)c3cccc(Oc4ccccc4)c3)CC2)cc1C(F)(F)F. The number of carboxylic acids is 1. The van der Waals surface area contributed by atoms with Crippen LogP contribution in [0.25, 0.3) is 0 Å². The van der Waals surface area contributed by atoms with Crippen molar-refractivity contribution < 1.29 is 32.6 Å². The smallest absolute Gasteiger partial charge is 0.418 e. The molecule has 1 fully saturated rings. The minimum absolute atomic E-state index is 0.116. The van der Waals surface area contributed by atoms with Gasteiger partial charge in [0.25, 0.3) is 11.9 Å². The molecule has 0 spiro atoms. The fourth-order valence-electron chi connectivity index (χ4n) is 4.66. The van der Waals surface area contributed by atoms with Gasteiger partial charge >= 0.3 is 6.18 Å². The number of unbranched alkanes of at least 4 members (excludes halogenated alkanes) is 3. The lowest BCUT2D eigenvalue weighted by Crippen LogP contribution is -2.46. The maximum absolute atomic E-state index is 13.2. The molecule has 0 aliphatic carbocycles. The summed E-state index contributed by atoms with van der Waals surface area (Å²) in [5, 5.41) is 10.4. The summed E-state index contributed by atoms with van der Waals surface area (Å²) in [6.07, 6.45) is -0.426. The number of para-hydroxylation sites is 1.